The van der Waals surface area contributed by atoms with Crippen molar-refractivity contribution in [3.8, 4) is 22.4 Å². The Hall–Kier alpha value is -2.41. The van der Waals surface area contributed by atoms with E-state index >= 15 is 0 Å². The van der Waals surface area contributed by atoms with Crippen molar-refractivity contribution in [1.29, 1.82) is 0 Å². The molecule has 0 spiro atoms. The summed E-state index contributed by atoms with van der Waals surface area (Å²) in [6, 6.07) is 23.3. The summed E-state index contributed by atoms with van der Waals surface area (Å²) in [6.45, 7) is 0. The van der Waals surface area contributed by atoms with E-state index in [-0.39, 0.29) is 0 Å². The second-order valence-electron chi connectivity index (χ2n) is 4.89. The zero-order chi connectivity index (χ0) is 12.7. The molecule has 1 heteroatoms. The zero-order valence-corrected chi connectivity index (χ0v) is 10.5. The number of hydrogen-bond acceptors (Lipinski definition) is 1. The van der Waals surface area contributed by atoms with Crippen molar-refractivity contribution in [3.05, 3.63) is 78.0 Å². The second-order valence-corrected chi connectivity index (χ2v) is 4.89. The van der Waals surface area contributed by atoms with Gasteiger partial charge in [-0.1, -0.05) is 60.7 Å². The summed E-state index contributed by atoms with van der Waals surface area (Å²) in [5.74, 6) is 0. The van der Waals surface area contributed by atoms with Gasteiger partial charge in [0.05, 0.1) is 11.4 Å². The van der Waals surface area contributed by atoms with Gasteiger partial charge in [-0.2, -0.15) is 0 Å². The fourth-order valence-corrected chi connectivity index (χ4v) is 2.77. The third kappa shape index (κ3) is 1.66. The average Bonchev–Trinajstić information content (AvgIpc) is 2.86. The van der Waals surface area contributed by atoms with Gasteiger partial charge >= 0.3 is 0 Å². The molecule has 3 aromatic rings. The van der Waals surface area contributed by atoms with E-state index in [0.29, 0.717) is 0 Å². The minimum Gasteiger partial charge on any atom is -0.252 e. The number of hydrogen-bond donors (Lipinski definition) is 0. The summed E-state index contributed by atoms with van der Waals surface area (Å²) in [5.41, 5.74) is 7.45. The molecule has 1 nitrogen and oxygen atoms in total. The Labute approximate surface area is 112 Å². The molecule has 0 amide bonds. The fraction of sp³-hybridized carbons (Fsp3) is 0.0556. The summed E-state index contributed by atoms with van der Waals surface area (Å²) >= 11 is 0. The van der Waals surface area contributed by atoms with Gasteiger partial charge < -0.3 is 0 Å². The summed E-state index contributed by atoms with van der Waals surface area (Å²) in [7, 11) is 0. The normalized spacial score (nSPS) is 12.0. The molecule has 0 aliphatic heterocycles. The van der Waals surface area contributed by atoms with Crippen molar-refractivity contribution in [3.63, 3.8) is 0 Å². The molecular formula is C18H13N. The first-order valence-electron chi connectivity index (χ1n) is 6.55. The van der Waals surface area contributed by atoms with Gasteiger partial charge in [0.2, 0.25) is 0 Å². The Bertz CT molecular complexity index is 745. The Morgan fingerprint density at radius 2 is 1.47 bits per heavy atom. The van der Waals surface area contributed by atoms with Gasteiger partial charge in [-0.3, -0.25) is 4.98 Å². The number of benzene rings is 2. The lowest BCUT2D eigenvalue weighted by molar-refractivity contribution is 1.13. The van der Waals surface area contributed by atoms with E-state index in [1.54, 1.807) is 0 Å². The predicted octanol–water partition coefficient (Wildman–Crippen LogP) is 4.32. The van der Waals surface area contributed by atoms with Crippen LogP contribution in [0.4, 0.5) is 0 Å². The van der Waals surface area contributed by atoms with Crippen LogP contribution in [0.1, 0.15) is 11.3 Å². The molecule has 0 atom stereocenters. The smallest absolute Gasteiger partial charge is 0.0705 e. The first-order valence-corrected chi connectivity index (χ1v) is 6.55. The highest BCUT2D eigenvalue weighted by atomic mass is 14.7. The quantitative estimate of drug-likeness (QED) is 0.485. The van der Waals surface area contributed by atoms with Crippen LogP contribution in [-0.4, -0.2) is 4.98 Å². The van der Waals surface area contributed by atoms with Crippen LogP contribution >= 0.6 is 0 Å². The van der Waals surface area contributed by atoms with Crippen LogP contribution in [-0.2, 0) is 6.42 Å². The molecule has 0 bridgehead atoms. The standard InChI is InChI=1S/C18H13N/c1-2-6-13(7-3-1)17-11-10-16-15-9-5-4-8-14(15)12-18(16)19-17/h1-11H,12H2. The van der Waals surface area contributed by atoms with Crippen molar-refractivity contribution in [2.24, 2.45) is 0 Å². The van der Waals surface area contributed by atoms with E-state index in [4.69, 9.17) is 4.98 Å². The molecule has 4 rings (SSSR count). The molecular weight excluding hydrogens is 230 g/mol. The monoisotopic (exact) mass is 243 g/mol. The van der Waals surface area contributed by atoms with Gasteiger partial charge in [-0.15, -0.1) is 0 Å². The van der Waals surface area contributed by atoms with Gasteiger partial charge in [-0.25, -0.2) is 0 Å². The molecule has 1 aliphatic rings. The lowest BCUT2D eigenvalue weighted by Gasteiger charge is -2.04. The minimum absolute atomic E-state index is 0.951. The van der Waals surface area contributed by atoms with Crippen LogP contribution in [0.5, 0.6) is 0 Å². The molecule has 0 saturated heterocycles. The number of nitrogens with zero attached hydrogens (tertiary/aromatic N) is 1. The highest BCUT2D eigenvalue weighted by Gasteiger charge is 2.19. The van der Waals surface area contributed by atoms with Gasteiger partial charge in [0.25, 0.3) is 0 Å². The summed E-state index contributed by atoms with van der Waals surface area (Å²) in [4.78, 5) is 4.84. The lowest BCUT2D eigenvalue weighted by Crippen LogP contribution is -1.90. The molecule has 0 radical (unpaired) electrons. The SMILES string of the molecule is c1ccc(-c2ccc3c(n2)Cc2ccccc2-3)cc1. The van der Waals surface area contributed by atoms with Gasteiger partial charge in [-0.05, 0) is 17.2 Å². The molecule has 0 N–H and O–H groups in total. The van der Waals surface area contributed by atoms with Crippen LogP contribution in [0, 0.1) is 0 Å². The Balaban J connectivity index is 1.84. The minimum atomic E-state index is 0.951. The average molecular weight is 243 g/mol. The van der Waals surface area contributed by atoms with Crippen molar-refractivity contribution in [1.82, 2.24) is 4.98 Å². The molecule has 19 heavy (non-hydrogen) atoms. The van der Waals surface area contributed by atoms with Gasteiger partial charge in [0, 0.05) is 17.5 Å². The molecule has 1 aromatic heterocycles. The number of pyridine rings is 1. The Morgan fingerprint density at radius 3 is 2.37 bits per heavy atom. The van der Waals surface area contributed by atoms with E-state index in [0.717, 1.165) is 12.1 Å². The molecule has 2 aromatic carbocycles. The van der Waals surface area contributed by atoms with Crippen LogP contribution in [0.3, 0.4) is 0 Å². The molecule has 90 valence electrons. The third-order valence-electron chi connectivity index (χ3n) is 3.71. The summed E-state index contributed by atoms with van der Waals surface area (Å²) < 4.78 is 0. The van der Waals surface area contributed by atoms with Crippen LogP contribution in [0.25, 0.3) is 22.4 Å². The van der Waals surface area contributed by atoms with Gasteiger partial charge in [0.15, 0.2) is 0 Å². The Kier molecular flexibility index (Phi) is 2.25. The lowest BCUT2D eigenvalue weighted by atomic mass is 10.1. The first kappa shape index (κ1) is 10.5. The summed E-state index contributed by atoms with van der Waals surface area (Å²) in [6.07, 6.45) is 0.951. The Morgan fingerprint density at radius 1 is 0.684 bits per heavy atom. The summed E-state index contributed by atoms with van der Waals surface area (Å²) in [5, 5.41) is 0. The van der Waals surface area contributed by atoms with Crippen molar-refractivity contribution in [2.45, 2.75) is 6.42 Å². The third-order valence-corrected chi connectivity index (χ3v) is 3.71. The van der Waals surface area contributed by atoms with E-state index in [2.05, 4.69) is 60.7 Å². The largest absolute Gasteiger partial charge is 0.252 e. The number of fused-ring (bicyclic) bond motifs is 3. The van der Waals surface area contributed by atoms with E-state index in [1.807, 2.05) is 6.07 Å². The number of aromatic nitrogens is 1. The molecule has 0 saturated carbocycles. The zero-order valence-electron chi connectivity index (χ0n) is 10.5. The first-order chi connectivity index (χ1) is 9.42. The van der Waals surface area contributed by atoms with E-state index in [1.165, 1.54) is 27.9 Å². The molecule has 1 heterocycles. The fourth-order valence-electron chi connectivity index (χ4n) is 2.77. The van der Waals surface area contributed by atoms with Crippen LogP contribution in [0.2, 0.25) is 0 Å². The van der Waals surface area contributed by atoms with E-state index < -0.39 is 0 Å². The molecule has 0 fully saturated rings. The highest BCUT2D eigenvalue weighted by Crippen LogP contribution is 2.36. The van der Waals surface area contributed by atoms with Crippen LogP contribution in [0.15, 0.2) is 66.7 Å². The van der Waals surface area contributed by atoms with Crippen molar-refractivity contribution >= 4 is 0 Å². The highest BCUT2D eigenvalue weighted by molar-refractivity contribution is 5.77. The van der Waals surface area contributed by atoms with Crippen LogP contribution < -0.4 is 0 Å². The maximum Gasteiger partial charge on any atom is 0.0705 e. The topological polar surface area (TPSA) is 12.9 Å². The molecule has 0 unspecified atom stereocenters. The number of rotatable bonds is 1. The van der Waals surface area contributed by atoms with E-state index in [9.17, 15) is 0 Å². The van der Waals surface area contributed by atoms with Crippen molar-refractivity contribution in [2.75, 3.05) is 0 Å². The maximum absolute atomic E-state index is 4.84. The maximum atomic E-state index is 4.84. The van der Waals surface area contributed by atoms with Gasteiger partial charge in [0.1, 0.15) is 0 Å². The van der Waals surface area contributed by atoms with Crippen molar-refractivity contribution < 1.29 is 0 Å². The predicted molar refractivity (Wildman–Crippen MR) is 77.9 cm³/mol. The second kappa shape index (κ2) is 4.06. The molecule has 1 aliphatic carbocycles.